The number of ether oxygens (including phenoxy) is 1. The highest BCUT2D eigenvalue weighted by Gasteiger charge is 2.26. The van der Waals surface area contributed by atoms with Gasteiger partial charge in [-0.05, 0) is 88.8 Å². The minimum atomic E-state index is -3.81. The van der Waals surface area contributed by atoms with Crippen LogP contribution in [-0.4, -0.2) is 54.6 Å². The normalized spacial score (nSPS) is 12.0. The number of H-pyrrole nitrogens is 1. The Balaban J connectivity index is 1.91. The quantitative estimate of drug-likeness (QED) is 0.304. The van der Waals surface area contributed by atoms with Crippen molar-refractivity contribution in [3.8, 4) is 16.9 Å². The van der Waals surface area contributed by atoms with E-state index in [2.05, 4.69) is 10.3 Å². The van der Waals surface area contributed by atoms with Gasteiger partial charge in [0.05, 0.1) is 30.0 Å². The molecule has 218 valence electrons. The minimum Gasteiger partial charge on any atom is -0.496 e. The van der Waals surface area contributed by atoms with Crippen molar-refractivity contribution < 1.29 is 22.3 Å². The fourth-order valence-corrected chi connectivity index (χ4v) is 6.03. The molecule has 0 bridgehead atoms. The molecule has 4 rings (SSSR count). The number of aromatic nitrogens is 2. The average molecular weight is 583 g/mol. The number of nitrogens with one attached hydrogen (secondary N) is 2. The number of fused-ring (bicyclic) bond motifs is 1. The standard InChI is InChI=1S/C30H35FN4O5S/c1-17(2)41(38,39)35-15-18(3)28-23(29(36)32-14-24-27(40-7)10-19(4)33-30(24)37)12-21(13-26(28)35)22-11-20(16-34(5)6)8-9-25(22)31/h8-13,15,17H,14,16H2,1-7H3,(H,32,36)(H,33,37). The third kappa shape index (κ3) is 5.91. The van der Waals surface area contributed by atoms with Crippen molar-refractivity contribution in [1.82, 2.24) is 19.2 Å². The molecule has 1 amide bonds. The number of benzene rings is 2. The van der Waals surface area contributed by atoms with Crippen molar-refractivity contribution in [2.75, 3.05) is 21.2 Å². The summed E-state index contributed by atoms with van der Waals surface area (Å²) in [6.45, 7) is 7.01. The third-order valence-electron chi connectivity index (χ3n) is 6.89. The number of carbonyl (C=O) groups excluding carboxylic acids is 1. The Bertz CT molecular complexity index is 1810. The van der Waals surface area contributed by atoms with Crippen molar-refractivity contribution in [3.05, 3.63) is 86.7 Å². The minimum absolute atomic E-state index is 0.139. The van der Waals surface area contributed by atoms with Crippen molar-refractivity contribution in [1.29, 1.82) is 0 Å². The fourth-order valence-electron chi connectivity index (χ4n) is 4.85. The highest BCUT2D eigenvalue weighted by molar-refractivity contribution is 7.90. The van der Waals surface area contributed by atoms with Crippen LogP contribution in [0.5, 0.6) is 5.75 Å². The molecule has 11 heteroatoms. The number of rotatable bonds is 9. The Hall–Kier alpha value is -3.96. The molecule has 0 fully saturated rings. The number of aromatic amines is 1. The van der Waals surface area contributed by atoms with Crippen LogP contribution in [0.15, 0.2) is 47.4 Å². The summed E-state index contributed by atoms with van der Waals surface area (Å²) >= 11 is 0. The van der Waals surface area contributed by atoms with Crippen LogP contribution in [0.2, 0.25) is 0 Å². The van der Waals surface area contributed by atoms with Gasteiger partial charge in [-0.2, -0.15) is 0 Å². The molecule has 4 aromatic rings. The number of hydrogen-bond donors (Lipinski definition) is 2. The number of aryl methyl sites for hydroxylation is 2. The van der Waals surface area contributed by atoms with Crippen LogP contribution >= 0.6 is 0 Å². The predicted molar refractivity (Wildman–Crippen MR) is 158 cm³/mol. The smallest absolute Gasteiger partial charge is 0.256 e. The molecule has 2 aromatic heterocycles. The molecule has 2 heterocycles. The monoisotopic (exact) mass is 582 g/mol. The van der Waals surface area contributed by atoms with Gasteiger partial charge in [-0.15, -0.1) is 0 Å². The summed E-state index contributed by atoms with van der Waals surface area (Å²) in [5.41, 5.74) is 2.88. The molecule has 9 nitrogen and oxygen atoms in total. The highest BCUT2D eigenvalue weighted by Crippen LogP contribution is 2.34. The maximum Gasteiger partial charge on any atom is 0.256 e. The van der Waals surface area contributed by atoms with E-state index in [-0.39, 0.29) is 28.8 Å². The first kappa shape index (κ1) is 30.0. The topological polar surface area (TPSA) is 113 Å². The van der Waals surface area contributed by atoms with Gasteiger partial charge < -0.3 is 19.9 Å². The zero-order chi connectivity index (χ0) is 30.2. The second kappa shape index (κ2) is 11.5. The van der Waals surface area contributed by atoms with Gasteiger partial charge in [0.15, 0.2) is 0 Å². The summed E-state index contributed by atoms with van der Waals surface area (Å²) in [6.07, 6.45) is 1.48. The van der Waals surface area contributed by atoms with Gasteiger partial charge in [-0.3, -0.25) is 9.59 Å². The zero-order valence-corrected chi connectivity index (χ0v) is 25.1. The molecule has 0 saturated heterocycles. The SMILES string of the molecule is COc1cc(C)[nH]c(=O)c1CNC(=O)c1cc(-c2cc(CN(C)C)ccc2F)cc2c1c(C)cn2S(=O)(=O)C(C)C. The second-order valence-electron chi connectivity index (χ2n) is 10.7. The lowest BCUT2D eigenvalue weighted by atomic mass is 9.96. The van der Waals surface area contributed by atoms with E-state index in [0.29, 0.717) is 34.5 Å². The van der Waals surface area contributed by atoms with Gasteiger partial charge in [-0.1, -0.05) is 6.07 Å². The fraction of sp³-hybridized carbons (Fsp3) is 0.333. The van der Waals surface area contributed by atoms with E-state index in [1.54, 1.807) is 58.0 Å². The number of carbonyl (C=O) groups is 1. The van der Waals surface area contributed by atoms with E-state index in [0.717, 1.165) is 9.54 Å². The van der Waals surface area contributed by atoms with Crippen molar-refractivity contribution >= 4 is 26.8 Å². The molecule has 0 aliphatic heterocycles. The lowest BCUT2D eigenvalue weighted by molar-refractivity contribution is 0.0952. The summed E-state index contributed by atoms with van der Waals surface area (Å²) in [6, 6.07) is 9.57. The van der Waals surface area contributed by atoms with E-state index in [9.17, 15) is 18.0 Å². The van der Waals surface area contributed by atoms with E-state index in [1.807, 2.05) is 19.0 Å². The molecular weight excluding hydrogens is 547 g/mol. The molecule has 0 radical (unpaired) electrons. The molecule has 2 N–H and O–H groups in total. The maximum absolute atomic E-state index is 15.2. The lowest BCUT2D eigenvalue weighted by Crippen LogP contribution is -2.28. The van der Waals surface area contributed by atoms with Crippen molar-refractivity contribution in [2.24, 2.45) is 0 Å². The summed E-state index contributed by atoms with van der Waals surface area (Å²) in [4.78, 5) is 31.0. The van der Waals surface area contributed by atoms with Crippen LogP contribution in [0.4, 0.5) is 4.39 Å². The van der Waals surface area contributed by atoms with Crippen LogP contribution in [0, 0.1) is 19.7 Å². The van der Waals surface area contributed by atoms with Crippen LogP contribution in [0.1, 0.15) is 46.6 Å². The summed E-state index contributed by atoms with van der Waals surface area (Å²) < 4.78 is 48.4. The second-order valence-corrected chi connectivity index (χ2v) is 13.0. The number of nitrogens with zero attached hydrogens (tertiary/aromatic N) is 2. The maximum atomic E-state index is 15.2. The summed E-state index contributed by atoms with van der Waals surface area (Å²) in [7, 11) is 1.43. The Morgan fingerprint density at radius 3 is 2.49 bits per heavy atom. The number of amides is 1. The number of halogens is 1. The van der Waals surface area contributed by atoms with Crippen molar-refractivity contribution in [2.45, 2.75) is 46.0 Å². The molecule has 2 aromatic carbocycles. The first-order valence-electron chi connectivity index (χ1n) is 13.1. The van der Waals surface area contributed by atoms with Crippen LogP contribution in [-0.2, 0) is 23.1 Å². The van der Waals surface area contributed by atoms with Crippen LogP contribution in [0.3, 0.4) is 0 Å². The molecule has 0 atom stereocenters. The van der Waals surface area contributed by atoms with Gasteiger partial charge >= 0.3 is 0 Å². The molecule has 41 heavy (non-hydrogen) atoms. The molecule has 0 spiro atoms. The molecular formula is C30H35FN4O5S. The number of hydrogen-bond acceptors (Lipinski definition) is 6. The number of methoxy groups -OCH3 is 1. The van der Waals surface area contributed by atoms with Crippen molar-refractivity contribution in [3.63, 3.8) is 0 Å². The molecule has 0 aliphatic rings. The Kier molecular flexibility index (Phi) is 8.41. The Morgan fingerprint density at radius 2 is 1.85 bits per heavy atom. The third-order valence-corrected chi connectivity index (χ3v) is 8.93. The molecule has 0 saturated carbocycles. The Morgan fingerprint density at radius 1 is 1.15 bits per heavy atom. The first-order chi connectivity index (χ1) is 19.2. The van der Waals surface area contributed by atoms with Gasteiger partial charge in [0.25, 0.3) is 11.5 Å². The van der Waals surface area contributed by atoms with Crippen LogP contribution in [0.25, 0.3) is 22.0 Å². The van der Waals surface area contributed by atoms with Gasteiger partial charge in [-0.25, -0.2) is 16.8 Å². The predicted octanol–water partition coefficient (Wildman–Crippen LogP) is 4.34. The molecule has 0 aliphatic carbocycles. The summed E-state index contributed by atoms with van der Waals surface area (Å²) in [5.74, 6) is -0.724. The largest absolute Gasteiger partial charge is 0.496 e. The lowest BCUT2D eigenvalue weighted by Gasteiger charge is -2.15. The average Bonchev–Trinajstić information content (AvgIpc) is 3.24. The molecule has 0 unspecified atom stereocenters. The van der Waals surface area contributed by atoms with E-state index >= 15 is 4.39 Å². The van der Waals surface area contributed by atoms with Gasteiger partial charge in [0, 0.05) is 34.9 Å². The van der Waals surface area contributed by atoms with E-state index < -0.39 is 32.6 Å². The van der Waals surface area contributed by atoms with E-state index in [4.69, 9.17) is 4.74 Å². The summed E-state index contributed by atoms with van der Waals surface area (Å²) in [5, 5.41) is 2.46. The zero-order valence-electron chi connectivity index (χ0n) is 24.3. The Labute approximate surface area is 239 Å². The van der Waals surface area contributed by atoms with Crippen LogP contribution < -0.4 is 15.6 Å². The highest BCUT2D eigenvalue weighted by atomic mass is 32.2. The van der Waals surface area contributed by atoms with E-state index in [1.165, 1.54) is 19.4 Å². The first-order valence-corrected chi connectivity index (χ1v) is 14.6. The van der Waals surface area contributed by atoms with Gasteiger partial charge in [0.1, 0.15) is 11.6 Å². The van der Waals surface area contributed by atoms with Gasteiger partial charge in [0.2, 0.25) is 10.0 Å². The number of pyridine rings is 1.